The molecule has 1 amide bonds. The summed E-state index contributed by atoms with van der Waals surface area (Å²) in [5.74, 6) is 3.16. The molecule has 124 valence electrons. The second-order valence-corrected chi connectivity index (χ2v) is 5.23. The molecule has 1 unspecified atom stereocenters. The molecule has 1 atom stereocenters. The molecule has 0 saturated heterocycles. The maximum absolute atomic E-state index is 12.0. The molecule has 0 radical (unpaired) electrons. The zero-order chi connectivity index (χ0) is 17.1. The summed E-state index contributed by atoms with van der Waals surface area (Å²) in [5.41, 5.74) is 1.69. The lowest BCUT2D eigenvalue weighted by molar-refractivity contribution is 0.0939. The first-order chi connectivity index (χ1) is 11.1. The zero-order valence-electron chi connectivity index (χ0n) is 14.1. The fourth-order valence-electron chi connectivity index (χ4n) is 1.82. The van der Waals surface area contributed by atoms with Gasteiger partial charge in [-0.05, 0) is 38.0 Å². The summed E-state index contributed by atoms with van der Waals surface area (Å²) >= 11 is 0. The van der Waals surface area contributed by atoms with Crippen LogP contribution in [0.2, 0.25) is 0 Å². The normalized spacial score (nSPS) is 12.2. The van der Waals surface area contributed by atoms with E-state index in [1.165, 1.54) is 0 Å². The van der Waals surface area contributed by atoms with Gasteiger partial charge in [-0.15, -0.1) is 6.42 Å². The Morgan fingerprint density at radius 3 is 2.52 bits per heavy atom. The average Bonchev–Trinajstić information content (AvgIpc) is 2.57. The van der Waals surface area contributed by atoms with Crippen LogP contribution in [-0.2, 0) is 6.54 Å². The number of amides is 1. The lowest BCUT2D eigenvalue weighted by atomic mass is 10.1. The summed E-state index contributed by atoms with van der Waals surface area (Å²) in [6.45, 7) is 7.76. The molecule has 0 saturated carbocycles. The highest BCUT2D eigenvalue weighted by molar-refractivity contribution is 5.94. The van der Waals surface area contributed by atoms with Crippen LogP contribution in [0.3, 0.4) is 0 Å². The van der Waals surface area contributed by atoms with Crippen LogP contribution in [0.15, 0.2) is 29.3 Å². The molecule has 5 heteroatoms. The van der Waals surface area contributed by atoms with E-state index in [2.05, 4.69) is 26.9 Å². The summed E-state index contributed by atoms with van der Waals surface area (Å²) in [6, 6.07) is 7.66. The van der Waals surface area contributed by atoms with Crippen LogP contribution in [-0.4, -0.2) is 31.0 Å². The van der Waals surface area contributed by atoms with Crippen molar-refractivity contribution in [3.8, 4) is 12.3 Å². The Kier molecular flexibility index (Phi) is 8.30. The third kappa shape index (κ3) is 6.88. The molecule has 0 aliphatic rings. The summed E-state index contributed by atoms with van der Waals surface area (Å²) in [6.07, 6.45) is 6.15. The van der Waals surface area contributed by atoms with Gasteiger partial charge in [-0.1, -0.05) is 25.0 Å². The first kappa shape index (κ1) is 18.6. The molecule has 23 heavy (non-hydrogen) atoms. The Labute approximate surface area is 139 Å². The molecule has 3 N–H and O–H groups in total. The van der Waals surface area contributed by atoms with Crippen molar-refractivity contribution in [2.24, 2.45) is 4.99 Å². The van der Waals surface area contributed by atoms with Crippen molar-refractivity contribution < 1.29 is 4.79 Å². The minimum atomic E-state index is -0.0431. The van der Waals surface area contributed by atoms with Gasteiger partial charge in [-0.25, -0.2) is 4.99 Å². The standard InChI is InChI=1S/C18H26N4O/c1-5-12-20-18(19-7-3)21-13-15-8-10-16(11-9-15)17(23)22-14(4)6-2/h1,8-11,14H,6-7,12-13H2,2-4H3,(H,22,23)(H2,19,20,21). The fraction of sp³-hybridized carbons (Fsp3) is 0.444. The number of nitrogens with one attached hydrogen (secondary N) is 3. The SMILES string of the molecule is C#CCNC(=NCc1ccc(C(=O)NC(C)CC)cc1)NCC. The topological polar surface area (TPSA) is 65.5 Å². The van der Waals surface area contributed by atoms with Gasteiger partial charge in [0.15, 0.2) is 5.96 Å². The fourth-order valence-corrected chi connectivity index (χ4v) is 1.82. The molecule has 5 nitrogen and oxygen atoms in total. The molecule has 0 fully saturated rings. The molecule has 1 rings (SSSR count). The summed E-state index contributed by atoms with van der Waals surface area (Å²) in [5, 5.41) is 9.11. The van der Waals surface area contributed by atoms with E-state index in [-0.39, 0.29) is 11.9 Å². The van der Waals surface area contributed by atoms with E-state index in [0.29, 0.717) is 24.6 Å². The summed E-state index contributed by atoms with van der Waals surface area (Å²) < 4.78 is 0. The highest BCUT2D eigenvalue weighted by Gasteiger charge is 2.08. The molecule has 1 aromatic carbocycles. The van der Waals surface area contributed by atoms with Crippen LogP contribution in [0.5, 0.6) is 0 Å². The number of guanidine groups is 1. The lowest BCUT2D eigenvalue weighted by Crippen LogP contribution is -2.37. The maximum atomic E-state index is 12.0. The van der Waals surface area contributed by atoms with E-state index in [9.17, 15) is 4.79 Å². The van der Waals surface area contributed by atoms with Crippen molar-refractivity contribution in [2.45, 2.75) is 39.8 Å². The van der Waals surface area contributed by atoms with Gasteiger partial charge in [0.2, 0.25) is 0 Å². The van der Waals surface area contributed by atoms with E-state index in [1.807, 2.05) is 45.0 Å². The largest absolute Gasteiger partial charge is 0.357 e. The van der Waals surface area contributed by atoms with E-state index in [1.54, 1.807) is 0 Å². The summed E-state index contributed by atoms with van der Waals surface area (Å²) in [7, 11) is 0. The number of rotatable bonds is 7. The van der Waals surface area contributed by atoms with Gasteiger partial charge >= 0.3 is 0 Å². The van der Waals surface area contributed by atoms with Gasteiger partial charge in [0.1, 0.15) is 0 Å². The third-order valence-corrected chi connectivity index (χ3v) is 3.33. The molecule has 0 aliphatic heterocycles. The molecule has 0 spiro atoms. The predicted octanol–water partition coefficient (Wildman–Crippen LogP) is 1.90. The predicted molar refractivity (Wildman–Crippen MR) is 95.3 cm³/mol. The number of terminal acetylenes is 1. The van der Waals surface area contributed by atoms with Gasteiger partial charge in [0.25, 0.3) is 5.91 Å². The van der Waals surface area contributed by atoms with E-state index in [0.717, 1.165) is 18.5 Å². The molecular formula is C18H26N4O. The number of carbonyl (C=O) groups is 1. The summed E-state index contributed by atoms with van der Waals surface area (Å²) in [4.78, 5) is 16.5. The number of aliphatic imine (C=N–C) groups is 1. The van der Waals surface area contributed by atoms with Crippen molar-refractivity contribution in [1.82, 2.24) is 16.0 Å². The third-order valence-electron chi connectivity index (χ3n) is 3.33. The highest BCUT2D eigenvalue weighted by Crippen LogP contribution is 2.06. The Balaban J connectivity index is 2.65. The van der Waals surface area contributed by atoms with Crippen molar-refractivity contribution in [1.29, 1.82) is 0 Å². The Bertz CT molecular complexity index is 557. The Morgan fingerprint density at radius 2 is 1.96 bits per heavy atom. The van der Waals surface area contributed by atoms with E-state index in [4.69, 9.17) is 6.42 Å². The van der Waals surface area contributed by atoms with Crippen LogP contribution in [0.4, 0.5) is 0 Å². The van der Waals surface area contributed by atoms with E-state index < -0.39 is 0 Å². The number of hydrogen-bond donors (Lipinski definition) is 3. The maximum Gasteiger partial charge on any atom is 0.251 e. The number of carbonyl (C=O) groups excluding carboxylic acids is 1. The Morgan fingerprint density at radius 1 is 1.26 bits per heavy atom. The minimum absolute atomic E-state index is 0.0431. The van der Waals surface area contributed by atoms with Gasteiger partial charge < -0.3 is 16.0 Å². The lowest BCUT2D eigenvalue weighted by Gasteiger charge is -2.11. The quantitative estimate of drug-likeness (QED) is 0.409. The monoisotopic (exact) mass is 314 g/mol. The van der Waals surface area contributed by atoms with Crippen LogP contribution in [0.25, 0.3) is 0 Å². The highest BCUT2D eigenvalue weighted by atomic mass is 16.1. The minimum Gasteiger partial charge on any atom is -0.357 e. The van der Waals surface area contributed by atoms with Crippen LogP contribution in [0.1, 0.15) is 43.1 Å². The zero-order valence-corrected chi connectivity index (χ0v) is 14.1. The van der Waals surface area contributed by atoms with Gasteiger partial charge in [0, 0.05) is 18.2 Å². The molecule has 0 aromatic heterocycles. The average molecular weight is 314 g/mol. The Hall–Kier alpha value is -2.48. The van der Waals surface area contributed by atoms with Crippen molar-refractivity contribution in [3.05, 3.63) is 35.4 Å². The molecule has 0 heterocycles. The van der Waals surface area contributed by atoms with Crippen LogP contribution < -0.4 is 16.0 Å². The van der Waals surface area contributed by atoms with Crippen molar-refractivity contribution in [2.75, 3.05) is 13.1 Å². The number of nitrogens with zero attached hydrogens (tertiary/aromatic N) is 1. The first-order valence-corrected chi connectivity index (χ1v) is 7.96. The van der Waals surface area contributed by atoms with Crippen LogP contribution >= 0.6 is 0 Å². The number of benzene rings is 1. The van der Waals surface area contributed by atoms with Crippen molar-refractivity contribution >= 4 is 11.9 Å². The second-order valence-electron chi connectivity index (χ2n) is 5.23. The van der Waals surface area contributed by atoms with Crippen LogP contribution in [0, 0.1) is 12.3 Å². The van der Waals surface area contributed by atoms with Gasteiger partial charge in [0.05, 0.1) is 13.1 Å². The number of hydrogen-bond acceptors (Lipinski definition) is 2. The van der Waals surface area contributed by atoms with Gasteiger partial charge in [-0.3, -0.25) is 4.79 Å². The molecule has 1 aromatic rings. The van der Waals surface area contributed by atoms with Gasteiger partial charge in [-0.2, -0.15) is 0 Å². The molecule has 0 aliphatic carbocycles. The molecule has 0 bridgehead atoms. The molecular weight excluding hydrogens is 288 g/mol. The first-order valence-electron chi connectivity index (χ1n) is 7.96. The second kappa shape index (κ2) is 10.3. The van der Waals surface area contributed by atoms with E-state index >= 15 is 0 Å². The van der Waals surface area contributed by atoms with Crippen molar-refractivity contribution in [3.63, 3.8) is 0 Å². The smallest absolute Gasteiger partial charge is 0.251 e.